The Morgan fingerprint density at radius 1 is 1.20 bits per heavy atom. The third-order valence-corrected chi connectivity index (χ3v) is 3.95. The molecule has 0 unspecified atom stereocenters. The summed E-state index contributed by atoms with van der Waals surface area (Å²) in [6.45, 7) is 0. The Balaban J connectivity index is 2.18. The van der Waals surface area contributed by atoms with Gasteiger partial charge >= 0.3 is 5.97 Å². The van der Waals surface area contributed by atoms with Crippen molar-refractivity contribution in [3.63, 3.8) is 0 Å². The van der Waals surface area contributed by atoms with Gasteiger partial charge in [-0.3, -0.25) is 14.9 Å². The van der Waals surface area contributed by atoms with Crippen molar-refractivity contribution in [2.75, 3.05) is 0 Å². The molecule has 25 heavy (non-hydrogen) atoms. The molecule has 1 amide bonds. The van der Waals surface area contributed by atoms with Gasteiger partial charge in [0.25, 0.3) is 11.6 Å². The van der Waals surface area contributed by atoms with Gasteiger partial charge in [-0.2, -0.15) is 0 Å². The van der Waals surface area contributed by atoms with Crippen LogP contribution < -0.4 is 5.32 Å². The fourth-order valence-corrected chi connectivity index (χ4v) is 2.60. The van der Waals surface area contributed by atoms with E-state index in [0.717, 1.165) is 6.07 Å². The van der Waals surface area contributed by atoms with Crippen LogP contribution in [0.1, 0.15) is 15.9 Å². The summed E-state index contributed by atoms with van der Waals surface area (Å²) in [5.74, 6) is -1.99. The summed E-state index contributed by atoms with van der Waals surface area (Å²) in [4.78, 5) is 33.8. The first-order valence-corrected chi connectivity index (χ1v) is 7.75. The Bertz CT molecular complexity index is 841. The van der Waals surface area contributed by atoms with Crippen LogP contribution in [-0.4, -0.2) is 27.9 Å². The molecule has 2 N–H and O–H groups in total. The van der Waals surface area contributed by atoms with Crippen molar-refractivity contribution in [1.29, 1.82) is 0 Å². The lowest BCUT2D eigenvalue weighted by atomic mass is 10.1. The summed E-state index contributed by atoms with van der Waals surface area (Å²) in [5.41, 5.74) is 0.223. The van der Waals surface area contributed by atoms with Crippen molar-refractivity contribution in [3.8, 4) is 0 Å². The van der Waals surface area contributed by atoms with E-state index in [2.05, 4.69) is 5.32 Å². The summed E-state index contributed by atoms with van der Waals surface area (Å²) >= 11 is 11.8. The first kappa shape index (κ1) is 18.7. The van der Waals surface area contributed by atoms with Crippen LogP contribution in [0.25, 0.3) is 0 Å². The highest BCUT2D eigenvalue weighted by molar-refractivity contribution is 6.35. The second-order valence-corrected chi connectivity index (χ2v) is 5.96. The van der Waals surface area contributed by atoms with Crippen molar-refractivity contribution in [2.24, 2.45) is 0 Å². The van der Waals surface area contributed by atoms with Gasteiger partial charge in [-0.1, -0.05) is 35.3 Å². The quantitative estimate of drug-likeness (QED) is 0.587. The number of amides is 1. The summed E-state index contributed by atoms with van der Waals surface area (Å²) in [5, 5.41) is 23.1. The SMILES string of the molecule is O=C(N[C@H](Cc1ccc(Cl)cc1Cl)C(=O)O)c1cccc([N+](=O)[O-])c1. The molecule has 2 rings (SSSR count). The minimum Gasteiger partial charge on any atom is -0.480 e. The van der Waals surface area contributed by atoms with Gasteiger partial charge in [-0.25, -0.2) is 4.79 Å². The highest BCUT2D eigenvalue weighted by Gasteiger charge is 2.23. The number of halogens is 2. The Labute approximate surface area is 152 Å². The number of nitrogens with one attached hydrogen (secondary N) is 1. The normalized spacial score (nSPS) is 11.6. The Kier molecular flexibility index (Phi) is 5.95. The highest BCUT2D eigenvalue weighted by Crippen LogP contribution is 2.22. The number of nitro groups is 1. The van der Waals surface area contributed by atoms with Crippen LogP contribution in [0.4, 0.5) is 5.69 Å². The molecule has 0 aromatic heterocycles. The number of hydrogen-bond donors (Lipinski definition) is 2. The Hall–Kier alpha value is -2.64. The molecule has 2 aromatic rings. The lowest BCUT2D eigenvalue weighted by Gasteiger charge is -2.15. The monoisotopic (exact) mass is 382 g/mol. The summed E-state index contributed by atoms with van der Waals surface area (Å²) in [6.07, 6.45) is -0.0635. The van der Waals surface area contributed by atoms with E-state index in [1.54, 1.807) is 12.1 Å². The standard InChI is InChI=1S/C16H12Cl2N2O5/c17-11-5-4-9(13(18)8-11)7-14(16(22)23)19-15(21)10-2-1-3-12(6-10)20(24)25/h1-6,8,14H,7H2,(H,19,21)(H,22,23)/t14-/m1/s1. The molecule has 0 heterocycles. The second kappa shape index (κ2) is 7.96. The average molecular weight is 383 g/mol. The van der Waals surface area contributed by atoms with E-state index in [9.17, 15) is 24.8 Å². The van der Waals surface area contributed by atoms with E-state index in [-0.39, 0.29) is 22.7 Å². The van der Waals surface area contributed by atoms with E-state index >= 15 is 0 Å². The maximum atomic E-state index is 12.2. The van der Waals surface area contributed by atoms with Gasteiger partial charge in [-0.05, 0) is 23.8 Å². The van der Waals surface area contributed by atoms with Crippen LogP contribution in [0, 0.1) is 10.1 Å². The topological polar surface area (TPSA) is 110 Å². The lowest BCUT2D eigenvalue weighted by Crippen LogP contribution is -2.42. The van der Waals surface area contributed by atoms with Crippen LogP contribution in [0.5, 0.6) is 0 Å². The number of carbonyl (C=O) groups is 2. The molecular formula is C16H12Cl2N2O5. The Morgan fingerprint density at radius 2 is 1.92 bits per heavy atom. The average Bonchev–Trinajstić information content (AvgIpc) is 2.56. The van der Waals surface area contributed by atoms with Gasteiger partial charge in [0.2, 0.25) is 0 Å². The molecule has 7 nitrogen and oxygen atoms in total. The van der Waals surface area contributed by atoms with Gasteiger partial charge in [0.1, 0.15) is 6.04 Å². The van der Waals surface area contributed by atoms with E-state index in [0.29, 0.717) is 10.6 Å². The van der Waals surface area contributed by atoms with Crippen LogP contribution >= 0.6 is 23.2 Å². The third kappa shape index (κ3) is 4.91. The van der Waals surface area contributed by atoms with Crippen LogP contribution in [-0.2, 0) is 11.2 Å². The van der Waals surface area contributed by atoms with E-state index in [1.807, 2.05) is 0 Å². The maximum Gasteiger partial charge on any atom is 0.326 e. The largest absolute Gasteiger partial charge is 0.480 e. The van der Waals surface area contributed by atoms with Gasteiger partial charge in [0.05, 0.1) is 4.92 Å². The number of rotatable bonds is 6. The fraction of sp³-hybridized carbons (Fsp3) is 0.125. The first-order chi connectivity index (χ1) is 11.8. The number of benzene rings is 2. The molecular weight excluding hydrogens is 371 g/mol. The van der Waals surface area contributed by atoms with Gasteiger partial charge in [-0.15, -0.1) is 0 Å². The number of nitro benzene ring substituents is 1. The number of carbonyl (C=O) groups excluding carboxylic acids is 1. The molecule has 0 saturated carbocycles. The third-order valence-electron chi connectivity index (χ3n) is 3.36. The molecule has 1 atom stereocenters. The van der Waals surface area contributed by atoms with Crippen LogP contribution in [0.15, 0.2) is 42.5 Å². The molecule has 130 valence electrons. The van der Waals surface area contributed by atoms with E-state index < -0.39 is 22.8 Å². The van der Waals surface area contributed by atoms with Crippen LogP contribution in [0.3, 0.4) is 0 Å². The highest BCUT2D eigenvalue weighted by atomic mass is 35.5. The van der Waals surface area contributed by atoms with Crippen molar-refractivity contribution < 1.29 is 19.6 Å². The molecule has 0 spiro atoms. The molecule has 9 heteroatoms. The van der Waals surface area contributed by atoms with Gasteiger partial charge in [0, 0.05) is 34.2 Å². The van der Waals surface area contributed by atoms with Gasteiger partial charge in [0.15, 0.2) is 0 Å². The number of carboxylic acid groups (broad SMARTS) is 1. The second-order valence-electron chi connectivity index (χ2n) is 5.11. The predicted octanol–water partition coefficient (Wildman–Crippen LogP) is 3.33. The molecule has 0 radical (unpaired) electrons. The minimum atomic E-state index is -1.26. The molecule has 0 aliphatic heterocycles. The van der Waals surface area contributed by atoms with Crippen molar-refractivity contribution in [3.05, 3.63) is 73.8 Å². The minimum absolute atomic E-state index is 0.0114. The Morgan fingerprint density at radius 3 is 2.52 bits per heavy atom. The molecule has 0 aliphatic rings. The van der Waals surface area contributed by atoms with Crippen molar-refractivity contribution in [2.45, 2.75) is 12.5 Å². The van der Waals surface area contributed by atoms with Crippen LogP contribution in [0.2, 0.25) is 10.0 Å². The summed E-state index contributed by atoms with van der Waals surface area (Å²) in [6, 6.07) is 8.35. The molecule has 2 aromatic carbocycles. The zero-order chi connectivity index (χ0) is 18.6. The van der Waals surface area contributed by atoms with Crippen molar-refractivity contribution in [1.82, 2.24) is 5.32 Å². The zero-order valence-corrected chi connectivity index (χ0v) is 14.1. The smallest absolute Gasteiger partial charge is 0.326 e. The summed E-state index contributed by atoms with van der Waals surface area (Å²) in [7, 11) is 0. The van der Waals surface area contributed by atoms with E-state index in [4.69, 9.17) is 23.2 Å². The maximum absolute atomic E-state index is 12.2. The number of carboxylic acids is 1. The molecule has 0 bridgehead atoms. The fourth-order valence-electron chi connectivity index (χ4n) is 2.11. The van der Waals surface area contributed by atoms with E-state index in [1.165, 1.54) is 24.3 Å². The molecule has 0 saturated heterocycles. The number of hydrogen-bond acceptors (Lipinski definition) is 4. The number of nitrogens with zero attached hydrogens (tertiary/aromatic N) is 1. The van der Waals surface area contributed by atoms with Gasteiger partial charge < -0.3 is 10.4 Å². The van der Waals surface area contributed by atoms with Crippen molar-refractivity contribution >= 4 is 40.8 Å². The zero-order valence-electron chi connectivity index (χ0n) is 12.6. The predicted molar refractivity (Wildman–Crippen MR) is 92.2 cm³/mol. The number of non-ortho nitro benzene ring substituents is 1. The first-order valence-electron chi connectivity index (χ1n) is 7.00. The summed E-state index contributed by atoms with van der Waals surface area (Å²) < 4.78 is 0. The molecule has 0 fully saturated rings. The number of aliphatic carboxylic acids is 1. The molecule has 0 aliphatic carbocycles. The lowest BCUT2D eigenvalue weighted by molar-refractivity contribution is -0.384.